The molecule has 7 nitrogen and oxygen atoms in total. The van der Waals surface area contributed by atoms with Gasteiger partial charge >= 0.3 is 12.0 Å². The molecule has 1 atom stereocenters. The molecule has 0 saturated carbocycles. The van der Waals surface area contributed by atoms with Gasteiger partial charge in [0.25, 0.3) is 0 Å². The smallest absolute Gasteiger partial charge is 0.337 e. The predicted octanol–water partition coefficient (Wildman–Crippen LogP) is 0.599. The van der Waals surface area contributed by atoms with Crippen LogP contribution in [0, 0.1) is 0 Å². The summed E-state index contributed by atoms with van der Waals surface area (Å²) in [5, 5.41) is 14.6. The van der Waals surface area contributed by atoms with Gasteiger partial charge in [-0.2, -0.15) is 0 Å². The third kappa shape index (κ3) is 4.99. The van der Waals surface area contributed by atoms with Crippen LogP contribution in [0.25, 0.3) is 0 Å². The fourth-order valence-corrected chi connectivity index (χ4v) is 2.54. The Balaban J connectivity index is 3.06. The van der Waals surface area contributed by atoms with Gasteiger partial charge in [-0.05, 0) is 26.3 Å². The summed E-state index contributed by atoms with van der Waals surface area (Å²) in [6.45, 7) is 7.70. The topological polar surface area (TPSA) is 90.9 Å². The molecular formula is C15H27N3O4. The van der Waals surface area contributed by atoms with E-state index in [0.717, 1.165) is 13.0 Å². The second-order valence-electron chi connectivity index (χ2n) is 5.17. The van der Waals surface area contributed by atoms with Gasteiger partial charge < -0.3 is 20.5 Å². The Labute approximate surface area is 131 Å². The number of urea groups is 1. The highest BCUT2D eigenvalue weighted by Crippen LogP contribution is 2.18. The minimum atomic E-state index is -0.405. The van der Waals surface area contributed by atoms with Crippen LogP contribution in [0.1, 0.15) is 33.6 Å². The lowest BCUT2D eigenvalue weighted by atomic mass is 10.00. The van der Waals surface area contributed by atoms with Crippen molar-refractivity contribution in [2.75, 3.05) is 32.8 Å². The number of carbonyl (C=O) groups is 2. The van der Waals surface area contributed by atoms with Crippen LogP contribution in [-0.4, -0.2) is 60.9 Å². The molecule has 126 valence electrons. The highest BCUT2D eigenvalue weighted by atomic mass is 16.5. The van der Waals surface area contributed by atoms with E-state index in [0.29, 0.717) is 30.8 Å². The van der Waals surface area contributed by atoms with Crippen molar-refractivity contribution in [2.24, 2.45) is 0 Å². The highest BCUT2D eigenvalue weighted by molar-refractivity contribution is 5.94. The summed E-state index contributed by atoms with van der Waals surface area (Å²) in [5.74, 6) is -0.405. The minimum Gasteiger partial charge on any atom is -0.463 e. The lowest BCUT2D eigenvalue weighted by molar-refractivity contribution is -0.139. The van der Waals surface area contributed by atoms with Gasteiger partial charge in [-0.1, -0.05) is 13.8 Å². The Morgan fingerprint density at radius 2 is 2.05 bits per heavy atom. The van der Waals surface area contributed by atoms with E-state index in [2.05, 4.69) is 10.6 Å². The average Bonchev–Trinajstić information content (AvgIpc) is 2.47. The molecule has 0 spiro atoms. The number of amides is 2. The fraction of sp³-hybridized carbons (Fsp3) is 0.733. The fourth-order valence-electron chi connectivity index (χ4n) is 2.54. The first-order valence-electron chi connectivity index (χ1n) is 7.88. The number of carbonyl (C=O) groups excluding carboxylic acids is 2. The summed E-state index contributed by atoms with van der Waals surface area (Å²) in [6.07, 6.45) is 1.53. The van der Waals surface area contributed by atoms with E-state index >= 15 is 0 Å². The highest BCUT2D eigenvalue weighted by Gasteiger charge is 2.31. The minimum absolute atomic E-state index is 0.0332. The van der Waals surface area contributed by atoms with Gasteiger partial charge in [0.2, 0.25) is 0 Å². The van der Waals surface area contributed by atoms with Crippen molar-refractivity contribution < 1.29 is 19.4 Å². The van der Waals surface area contributed by atoms with Crippen molar-refractivity contribution in [1.82, 2.24) is 15.5 Å². The van der Waals surface area contributed by atoms with E-state index in [9.17, 15) is 9.59 Å². The van der Waals surface area contributed by atoms with E-state index in [-0.39, 0.29) is 25.3 Å². The molecule has 0 aromatic rings. The molecule has 22 heavy (non-hydrogen) atoms. The molecule has 0 unspecified atom stereocenters. The summed E-state index contributed by atoms with van der Waals surface area (Å²) in [4.78, 5) is 26.0. The molecule has 0 aromatic carbocycles. The second-order valence-corrected chi connectivity index (χ2v) is 5.17. The van der Waals surface area contributed by atoms with E-state index < -0.39 is 5.97 Å². The lowest BCUT2D eigenvalue weighted by Gasteiger charge is -2.31. The molecule has 1 heterocycles. The molecule has 1 rings (SSSR count). The van der Waals surface area contributed by atoms with E-state index in [1.807, 2.05) is 18.7 Å². The van der Waals surface area contributed by atoms with Gasteiger partial charge in [0, 0.05) is 18.8 Å². The third-order valence-corrected chi connectivity index (χ3v) is 3.48. The molecule has 1 aliphatic rings. The predicted molar refractivity (Wildman–Crippen MR) is 83.2 cm³/mol. The van der Waals surface area contributed by atoms with Crippen LogP contribution < -0.4 is 10.6 Å². The SMILES string of the molecule is CCCN(CCO)CC1=C(C(=O)OCC)[C@H](CC)NC(=O)N1. The number of aliphatic hydroxyl groups is 1. The van der Waals surface area contributed by atoms with Crippen LogP contribution in [-0.2, 0) is 9.53 Å². The molecule has 7 heteroatoms. The molecule has 1 aliphatic heterocycles. The maximum absolute atomic E-state index is 12.2. The van der Waals surface area contributed by atoms with E-state index in [1.54, 1.807) is 6.92 Å². The first-order chi connectivity index (χ1) is 10.6. The number of nitrogens with one attached hydrogen (secondary N) is 2. The van der Waals surface area contributed by atoms with Crippen molar-refractivity contribution in [2.45, 2.75) is 39.7 Å². The number of hydrogen-bond acceptors (Lipinski definition) is 5. The Bertz CT molecular complexity index is 417. The largest absolute Gasteiger partial charge is 0.463 e. The molecule has 3 N–H and O–H groups in total. The van der Waals surface area contributed by atoms with Gasteiger partial charge in [-0.3, -0.25) is 4.90 Å². The van der Waals surface area contributed by atoms with Gasteiger partial charge in [0.05, 0.1) is 24.8 Å². The Hall–Kier alpha value is -1.60. The monoisotopic (exact) mass is 313 g/mol. The normalized spacial score (nSPS) is 18.2. The Morgan fingerprint density at radius 1 is 1.32 bits per heavy atom. The zero-order chi connectivity index (χ0) is 16.5. The molecule has 0 aliphatic carbocycles. The van der Waals surface area contributed by atoms with Crippen molar-refractivity contribution >= 4 is 12.0 Å². The Morgan fingerprint density at radius 3 is 2.59 bits per heavy atom. The molecular weight excluding hydrogens is 286 g/mol. The lowest BCUT2D eigenvalue weighted by Crippen LogP contribution is -2.52. The summed E-state index contributed by atoms with van der Waals surface area (Å²) in [7, 11) is 0. The van der Waals surface area contributed by atoms with Gasteiger partial charge in [-0.25, -0.2) is 9.59 Å². The Kier molecular flexibility index (Phi) is 7.90. The van der Waals surface area contributed by atoms with Gasteiger partial charge in [-0.15, -0.1) is 0 Å². The quantitative estimate of drug-likeness (QED) is 0.542. The summed E-state index contributed by atoms with van der Waals surface area (Å²) in [5.41, 5.74) is 1.04. The molecule has 0 bridgehead atoms. The molecule has 2 amide bonds. The second kappa shape index (κ2) is 9.42. The zero-order valence-corrected chi connectivity index (χ0v) is 13.6. The number of ether oxygens (including phenoxy) is 1. The number of esters is 1. The first kappa shape index (κ1) is 18.4. The molecule has 0 saturated heterocycles. The van der Waals surface area contributed by atoms with Crippen molar-refractivity contribution in [1.29, 1.82) is 0 Å². The molecule has 0 aromatic heterocycles. The van der Waals surface area contributed by atoms with Gasteiger partial charge in [0.1, 0.15) is 0 Å². The number of aliphatic hydroxyl groups excluding tert-OH is 1. The van der Waals surface area contributed by atoms with E-state index in [4.69, 9.17) is 9.84 Å². The molecule has 0 radical (unpaired) electrons. The number of nitrogens with zero attached hydrogens (tertiary/aromatic N) is 1. The van der Waals surface area contributed by atoms with Crippen LogP contribution in [0.3, 0.4) is 0 Å². The third-order valence-electron chi connectivity index (χ3n) is 3.48. The van der Waals surface area contributed by atoms with Crippen molar-refractivity contribution in [3.05, 3.63) is 11.3 Å². The van der Waals surface area contributed by atoms with Crippen molar-refractivity contribution in [3.8, 4) is 0 Å². The summed E-state index contributed by atoms with van der Waals surface area (Å²) < 4.78 is 5.12. The summed E-state index contributed by atoms with van der Waals surface area (Å²) >= 11 is 0. The summed E-state index contributed by atoms with van der Waals surface area (Å²) in [6, 6.07) is -0.657. The maximum atomic E-state index is 12.2. The van der Waals surface area contributed by atoms with Crippen LogP contribution in [0.15, 0.2) is 11.3 Å². The number of hydrogen-bond donors (Lipinski definition) is 3. The van der Waals surface area contributed by atoms with Crippen LogP contribution in [0.4, 0.5) is 4.79 Å². The van der Waals surface area contributed by atoms with Gasteiger partial charge in [0.15, 0.2) is 0 Å². The standard InChI is InChI=1S/C15H27N3O4/c1-4-7-18(8-9-19)10-12-13(14(20)22-6-3)11(5-2)16-15(21)17-12/h11,19H,4-10H2,1-3H3,(H2,16,17,21)/t11-/m0/s1. The van der Waals surface area contributed by atoms with Crippen molar-refractivity contribution in [3.63, 3.8) is 0 Å². The number of rotatable bonds is 9. The maximum Gasteiger partial charge on any atom is 0.337 e. The zero-order valence-electron chi connectivity index (χ0n) is 13.6. The van der Waals surface area contributed by atoms with Crippen LogP contribution in [0.5, 0.6) is 0 Å². The van der Waals surface area contributed by atoms with E-state index in [1.165, 1.54) is 0 Å². The molecule has 0 fully saturated rings. The first-order valence-corrected chi connectivity index (χ1v) is 7.88. The average molecular weight is 313 g/mol. The van der Waals surface area contributed by atoms with Crippen LogP contribution >= 0.6 is 0 Å². The van der Waals surface area contributed by atoms with Crippen LogP contribution in [0.2, 0.25) is 0 Å².